The van der Waals surface area contributed by atoms with Crippen molar-refractivity contribution in [3.8, 4) is 0 Å². The van der Waals surface area contributed by atoms with Gasteiger partial charge in [0.05, 0.1) is 0 Å². The fraction of sp³-hybridized carbons (Fsp3) is 0. The Labute approximate surface area is 78.7 Å². The molecule has 12 heavy (non-hydrogen) atoms. The maximum absolute atomic E-state index is 11.1. The van der Waals surface area contributed by atoms with E-state index in [1.807, 2.05) is 0 Å². The van der Waals surface area contributed by atoms with Crippen molar-refractivity contribution < 1.29 is 9.90 Å². The summed E-state index contributed by atoms with van der Waals surface area (Å²) < 4.78 is 0.891. The standard InChI is InChI=1S/C9H7BrO2/c1-6(11)9(12)7-2-4-8(10)5-3-7/h2-5,11H,1H2. The molecule has 0 fully saturated rings. The van der Waals surface area contributed by atoms with Gasteiger partial charge >= 0.3 is 0 Å². The smallest absolute Gasteiger partial charge is 0.226 e. The molecule has 1 rings (SSSR count). The van der Waals surface area contributed by atoms with Gasteiger partial charge in [0, 0.05) is 10.0 Å². The molecule has 0 aliphatic heterocycles. The number of hydrogen-bond acceptors (Lipinski definition) is 2. The Balaban J connectivity index is 2.98. The fourth-order valence-corrected chi connectivity index (χ4v) is 1.03. The molecule has 2 nitrogen and oxygen atoms in total. The van der Waals surface area contributed by atoms with Gasteiger partial charge in [-0.25, -0.2) is 0 Å². The molecule has 0 saturated heterocycles. The van der Waals surface area contributed by atoms with Gasteiger partial charge in [0.1, 0.15) is 0 Å². The predicted molar refractivity (Wildman–Crippen MR) is 50.2 cm³/mol. The van der Waals surface area contributed by atoms with Gasteiger partial charge in [-0.1, -0.05) is 22.5 Å². The molecule has 0 aliphatic rings. The minimum atomic E-state index is -0.442. The summed E-state index contributed by atoms with van der Waals surface area (Å²) in [5.74, 6) is -0.875. The van der Waals surface area contributed by atoms with E-state index < -0.39 is 11.5 Å². The second-order valence-corrected chi connectivity index (χ2v) is 3.20. The second-order valence-electron chi connectivity index (χ2n) is 2.28. The molecule has 0 aliphatic carbocycles. The highest BCUT2D eigenvalue weighted by atomic mass is 79.9. The molecule has 62 valence electrons. The minimum absolute atomic E-state index is 0.433. The summed E-state index contributed by atoms with van der Waals surface area (Å²) in [5, 5.41) is 8.79. The molecule has 0 radical (unpaired) electrons. The first-order valence-electron chi connectivity index (χ1n) is 3.29. The van der Waals surface area contributed by atoms with E-state index in [9.17, 15) is 4.79 Å². The zero-order chi connectivity index (χ0) is 9.14. The number of aliphatic hydroxyl groups is 1. The van der Waals surface area contributed by atoms with Crippen LogP contribution in [0.2, 0.25) is 0 Å². The Morgan fingerprint density at radius 1 is 1.33 bits per heavy atom. The monoisotopic (exact) mass is 226 g/mol. The zero-order valence-corrected chi connectivity index (χ0v) is 7.84. The number of halogens is 1. The Hall–Kier alpha value is -1.09. The zero-order valence-electron chi connectivity index (χ0n) is 6.25. The molecular weight excluding hydrogens is 220 g/mol. The first kappa shape index (κ1) is 9.00. The Bertz CT molecular complexity index is 314. The molecule has 0 saturated carbocycles. The maximum Gasteiger partial charge on any atom is 0.226 e. The molecule has 1 aromatic carbocycles. The molecule has 0 spiro atoms. The lowest BCUT2D eigenvalue weighted by Crippen LogP contribution is -2.00. The van der Waals surface area contributed by atoms with E-state index in [-0.39, 0.29) is 0 Å². The quantitative estimate of drug-likeness (QED) is 0.479. The van der Waals surface area contributed by atoms with Crippen molar-refractivity contribution in [2.45, 2.75) is 0 Å². The van der Waals surface area contributed by atoms with Gasteiger partial charge in [0.15, 0.2) is 5.76 Å². The molecule has 0 bridgehead atoms. The van der Waals surface area contributed by atoms with Crippen LogP contribution in [-0.4, -0.2) is 10.9 Å². The third-order valence-corrected chi connectivity index (χ3v) is 1.90. The number of rotatable bonds is 2. The third kappa shape index (κ3) is 1.95. The highest BCUT2D eigenvalue weighted by Crippen LogP contribution is 2.12. The first-order chi connectivity index (χ1) is 5.61. The summed E-state index contributed by atoms with van der Waals surface area (Å²) in [5.41, 5.74) is 0.436. The Morgan fingerprint density at radius 3 is 2.25 bits per heavy atom. The van der Waals surface area contributed by atoms with Crippen molar-refractivity contribution in [3.05, 3.63) is 46.6 Å². The van der Waals surface area contributed by atoms with E-state index in [0.717, 1.165) is 4.47 Å². The molecule has 0 unspecified atom stereocenters. The molecule has 1 N–H and O–H groups in total. The molecule has 0 amide bonds. The Kier molecular flexibility index (Phi) is 2.65. The molecular formula is C9H7BrO2. The van der Waals surface area contributed by atoms with Gasteiger partial charge in [-0.2, -0.15) is 0 Å². The van der Waals surface area contributed by atoms with Crippen molar-refractivity contribution >= 4 is 21.7 Å². The van der Waals surface area contributed by atoms with Crippen molar-refractivity contribution in [1.82, 2.24) is 0 Å². The van der Waals surface area contributed by atoms with Crippen LogP contribution in [0.25, 0.3) is 0 Å². The lowest BCUT2D eigenvalue weighted by atomic mass is 10.1. The molecule has 0 atom stereocenters. The van der Waals surface area contributed by atoms with Crippen LogP contribution in [0.1, 0.15) is 10.4 Å². The summed E-state index contributed by atoms with van der Waals surface area (Å²) in [6.45, 7) is 3.15. The predicted octanol–water partition coefficient (Wildman–Crippen LogP) is 2.70. The highest BCUT2D eigenvalue weighted by molar-refractivity contribution is 9.10. The van der Waals surface area contributed by atoms with Crippen LogP contribution in [0.4, 0.5) is 0 Å². The average Bonchev–Trinajstić information content (AvgIpc) is 2.04. The summed E-state index contributed by atoms with van der Waals surface area (Å²) in [7, 11) is 0. The van der Waals surface area contributed by atoms with Crippen LogP contribution in [-0.2, 0) is 0 Å². The number of ketones is 1. The average molecular weight is 227 g/mol. The fourth-order valence-electron chi connectivity index (χ4n) is 0.768. The molecule has 0 aromatic heterocycles. The Morgan fingerprint density at radius 2 is 1.83 bits per heavy atom. The second kappa shape index (κ2) is 3.54. The number of allylic oxidation sites excluding steroid dienone is 1. The summed E-state index contributed by atoms with van der Waals surface area (Å²) >= 11 is 3.24. The summed E-state index contributed by atoms with van der Waals surface area (Å²) in [6, 6.07) is 6.70. The summed E-state index contributed by atoms with van der Waals surface area (Å²) in [4.78, 5) is 11.1. The van der Waals surface area contributed by atoms with Gasteiger partial charge in [0.25, 0.3) is 0 Å². The van der Waals surface area contributed by atoms with Crippen molar-refractivity contribution in [2.24, 2.45) is 0 Å². The first-order valence-corrected chi connectivity index (χ1v) is 4.08. The molecule has 3 heteroatoms. The van der Waals surface area contributed by atoms with Crippen LogP contribution < -0.4 is 0 Å². The van der Waals surface area contributed by atoms with Crippen LogP contribution in [0.3, 0.4) is 0 Å². The van der Waals surface area contributed by atoms with Gasteiger partial charge < -0.3 is 5.11 Å². The molecule has 0 heterocycles. The van der Waals surface area contributed by atoms with E-state index in [1.165, 1.54) is 0 Å². The van der Waals surface area contributed by atoms with Crippen LogP contribution in [0.15, 0.2) is 41.1 Å². The molecule has 1 aromatic rings. The van der Waals surface area contributed by atoms with Crippen LogP contribution in [0.5, 0.6) is 0 Å². The number of Topliss-reactive ketones (excluding diaryl/α,β-unsaturated/α-hetero) is 1. The largest absolute Gasteiger partial charge is 0.505 e. The number of carbonyl (C=O) groups excluding carboxylic acids is 1. The maximum atomic E-state index is 11.1. The van der Waals surface area contributed by atoms with Gasteiger partial charge in [-0.3, -0.25) is 4.79 Å². The number of aliphatic hydroxyl groups excluding tert-OH is 1. The lowest BCUT2D eigenvalue weighted by molar-refractivity contribution is 0.0979. The van der Waals surface area contributed by atoms with Crippen LogP contribution in [0, 0.1) is 0 Å². The number of benzene rings is 1. The van der Waals surface area contributed by atoms with Crippen molar-refractivity contribution in [2.75, 3.05) is 0 Å². The number of hydrogen-bond donors (Lipinski definition) is 1. The summed E-state index contributed by atoms with van der Waals surface area (Å²) in [6.07, 6.45) is 0. The van der Waals surface area contributed by atoms with Gasteiger partial charge in [0.2, 0.25) is 5.78 Å². The lowest BCUT2D eigenvalue weighted by Gasteiger charge is -1.97. The SMILES string of the molecule is C=C(O)C(=O)c1ccc(Br)cc1. The van der Waals surface area contributed by atoms with E-state index in [1.54, 1.807) is 24.3 Å². The van der Waals surface area contributed by atoms with Gasteiger partial charge in [-0.05, 0) is 24.3 Å². The normalized spacial score (nSPS) is 9.42. The van der Waals surface area contributed by atoms with Crippen LogP contribution >= 0.6 is 15.9 Å². The van der Waals surface area contributed by atoms with E-state index in [2.05, 4.69) is 22.5 Å². The minimum Gasteiger partial charge on any atom is -0.505 e. The van der Waals surface area contributed by atoms with E-state index in [4.69, 9.17) is 5.11 Å². The van der Waals surface area contributed by atoms with E-state index in [0.29, 0.717) is 5.56 Å². The number of carbonyl (C=O) groups is 1. The van der Waals surface area contributed by atoms with Gasteiger partial charge in [-0.15, -0.1) is 0 Å². The van der Waals surface area contributed by atoms with E-state index >= 15 is 0 Å². The van der Waals surface area contributed by atoms with Crippen molar-refractivity contribution in [1.29, 1.82) is 0 Å². The third-order valence-electron chi connectivity index (χ3n) is 1.37. The topological polar surface area (TPSA) is 37.3 Å². The highest BCUT2D eigenvalue weighted by Gasteiger charge is 2.07. The van der Waals surface area contributed by atoms with Crippen molar-refractivity contribution in [3.63, 3.8) is 0 Å².